The van der Waals surface area contributed by atoms with Gasteiger partial charge in [0, 0.05) is 17.7 Å². The Bertz CT molecular complexity index is 663. The van der Waals surface area contributed by atoms with E-state index in [0.717, 1.165) is 6.42 Å². The van der Waals surface area contributed by atoms with Gasteiger partial charge < -0.3 is 9.52 Å². The molecule has 7 heteroatoms. The molecule has 0 saturated carbocycles. The molecule has 2 rings (SSSR count). The Morgan fingerprint density at radius 1 is 1.50 bits per heavy atom. The van der Waals surface area contributed by atoms with E-state index in [0.29, 0.717) is 17.7 Å². The standard InChI is InChI=1S/C13H12N2O5/c1-2-4-10-11(13(16)17)20-12(14-10)8-5-3-6-9(7-8)15(18)19/h3,5-7H,2,4H2,1H3,(H,16,17). The maximum Gasteiger partial charge on any atom is 0.373 e. The SMILES string of the molecule is CCCc1nc(-c2cccc([N+](=O)[O-])c2)oc1C(=O)O. The molecule has 0 radical (unpaired) electrons. The number of nitro benzene ring substituents is 1. The molecular formula is C13H12N2O5. The molecule has 1 N–H and O–H groups in total. The maximum atomic E-state index is 11.1. The lowest BCUT2D eigenvalue weighted by Crippen LogP contribution is -1.99. The van der Waals surface area contributed by atoms with E-state index in [9.17, 15) is 14.9 Å². The van der Waals surface area contributed by atoms with E-state index in [4.69, 9.17) is 9.52 Å². The number of aromatic carboxylic acids is 1. The third kappa shape index (κ3) is 2.66. The summed E-state index contributed by atoms with van der Waals surface area (Å²) in [6.45, 7) is 1.90. The Morgan fingerprint density at radius 3 is 2.85 bits per heavy atom. The summed E-state index contributed by atoms with van der Waals surface area (Å²) in [6, 6.07) is 5.72. The minimum absolute atomic E-state index is 0.0783. The van der Waals surface area contributed by atoms with Crippen LogP contribution in [-0.2, 0) is 6.42 Å². The first kappa shape index (κ1) is 13.7. The number of hydrogen-bond acceptors (Lipinski definition) is 5. The Hall–Kier alpha value is -2.70. The normalized spacial score (nSPS) is 10.4. The monoisotopic (exact) mass is 276 g/mol. The zero-order valence-corrected chi connectivity index (χ0v) is 10.7. The summed E-state index contributed by atoms with van der Waals surface area (Å²) in [5, 5.41) is 19.8. The Balaban J connectivity index is 2.47. The zero-order chi connectivity index (χ0) is 14.7. The van der Waals surface area contributed by atoms with Gasteiger partial charge in [0.1, 0.15) is 0 Å². The van der Waals surface area contributed by atoms with Gasteiger partial charge in [0.2, 0.25) is 11.7 Å². The summed E-state index contributed by atoms with van der Waals surface area (Å²) in [4.78, 5) is 25.4. The van der Waals surface area contributed by atoms with Crippen LogP contribution in [0.15, 0.2) is 28.7 Å². The molecule has 2 aromatic rings. The number of rotatable bonds is 5. The van der Waals surface area contributed by atoms with Crippen LogP contribution in [0.4, 0.5) is 5.69 Å². The number of aryl methyl sites for hydroxylation is 1. The smallest absolute Gasteiger partial charge is 0.373 e. The fourth-order valence-corrected chi connectivity index (χ4v) is 1.80. The summed E-state index contributed by atoms with van der Waals surface area (Å²) in [5.74, 6) is -1.33. The largest absolute Gasteiger partial charge is 0.475 e. The third-order valence-electron chi connectivity index (χ3n) is 2.68. The minimum atomic E-state index is -1.20. The second kappa shape index (κ2) is 5.52. The molecule has 0 atom stereocenters. The van der Waals surface area contributed by atoms with E-state index in [-0.39, 0.29) is 17.3 Å². The molecule has 0 saturated heterocycles. The molecule has 1 aromatic heterocycles. The molecule has 0 amide bonds. The van der Waals surface area contributed by atoms with E-state index >= 15 is 0 Å². The van der Waals surface area contributed by atoms with Gasteiger partial charge in [-0.3, -0.25) is 10.1 Å². The van der Waals surface area contributed by atoms with Crippen molar-refractivity contribution < 1.29 is 19.2 Å². The van der Waals surface area contributed by atoms with E-state index < -0.39 is 10.9 Å². The lowest BCUT2D eigenvalue weighted by molar-refractivity contribution is -0.384. The molecule has 1 aromatic carbocycles. The predicted octanol–water partition coefficient (Wildman–Crippen LogP) is 2.90. The number of oxazole rings is 1. The highest BCUT2D eigenvalue weighted by Gasteiger charge is 2.20. The number of carbonyl (C=O) groups is 1. The molecule has 20 heavy (non-hydrogen) atoms. The molecule has 1 heterocycles. The van der Waals surface area contributed by atoms with Gasteiger partial charge in [0.15, 0.2) is 0 Å². The summed E-state index contributed by atoms with van der Waals surface area (Å²) in [5.41, 5.74) is 0.625. The van der Waals surface area contributed by atoms with E-state index in [1.165, 1.54) is 18.2 Å². The van der Waals surface area contributed by atoms with Gasteiger partial charge in [0.05, 0.1) is 10.6 Å². The van der Waals surface area contributed by atoms with Crippen molar-refractivity contribution >= 4 is 11.7 Å². The zero-order valence-electron chi connectivity index (χ0n) is 10.7. The molecule has 104 valence electrons. The number of nitrogens with zero attached hydrogens (tertiary/aromatic N) is 2. The summed E-state index contributed by atoms with van der Waals surface area (Å²) in [6.07, 6.45) is 1.20. The molecule has 0 aliphatic carbocycles. The fraction of sp³-hybridized carbons (Fsp3) is 0.231. The Labute approximate surface area is 114 Å². The van der Waals surface area contributed by atoms with Crippen molar-refractivity contribution in [1.29, 1.82) is 0 Å². The average molecular weight is 276 g/mol. The van der Waals surface area contributed by atoms with Gasteiger partial charge in [-0.2, -0.15) is 0 Å². The van der Waals surface area contributed by atoms with E-state index in [2.05, 4.69) is 4.98 Å². The molecule has 0 aliphatic rings. The summed E-state index contributed by atoms with van der Waals surface area (Å²) < 4.78 is 5.22. The van der Waals surface area contributed by atoms with Crippen LogP contribution in [0.1, 0.15) is 29.6 Å². The summed E-state index contributed by atoms with van der Waals surface area (Å²) >= 11 is 0. The lowest BCUT2D eigenvalue weighted by atomic mass is 10.2. The molecule has 0 aliphatic heterocycles. The average Bonchev–Trinajstić information content (AvgIpc) is 2.83. The van der Waals surface area contributed by atoms with Gasteiger partial charge >= 0.3 is 5.97 Å². The van der Waals surface area contributed by atoms with Gasteiger partial charge in [-0.1, -0.05) is 19.4 Å². The molecule has 7 nitrogen and oxygen atoms in total. The number of non-ortho nitro benzene ring substituents is 1. The highest BCUT2D eigenvalue weighted by Crippen LogP contribution is 2.26. The number of carboxylic acids is 1. The number of nitro groups is 1. The number of hydrogen-bond donors (Lipinski definition) is 1. The topological polar surface area (TPSA) is 106 Å². The quantitative estimate of drug-likeness (QED) is 0.664. The van der Waals surface area contributed by atoms with Crippen LogP contribution in [0.2, 0.25) is 0 Å². The van der Waals surface area contributed by atoms with Crippen LogP contribution in [0.3, 0.4) is 0 Å². The van der Waals surface area contributed by atoms with Crippen molar-refractivity contribution in [2.75, 3.05) is 0 Å². The van der Waals surface area contributed by atoms with Crippen LogP contribution in [0.25, 0.3) is 11.5 Å². The van der Waals surface area contributed by atoms with Crippen LogP contribution in [0.5, 0.6) is 0 Å². The Morgan fingerprint density at radius 2 is 2.25 bits per heavy atom. The summed E-state index contributed by atoms with van der Waals surface area (Å²) in [7, 11) is 0. The molecule has 0 unspecified atom stereocenters. The van der Waals surface area contributed by atoms with Gasteiger partial charge in [0.25, 0.3) is 5.69 Å². The van der Waals surface area contributed by atoms with Gasteiger partial charge in [-0.15, -0.1) is 0 Å². The fourth-order valence-electron chi connectivity index (χ4n) is 1.80. The highest BCUT2D eigenvalue weighted by molar-refractivity contribution is 5.86. The van der Waals surface area contributed by atoms with Crippen LogP contribution in [-0.4, -0.2) is 21.0 Å². The van der Waals surface area contributed by atoms with Crippen molar-refractivity contribution in [1.82, 2.24) is 4.98 Å². The van der Waals surface area contributed by atoms with Crippen molar-refractivity contribution in [3.8, 4) is 11.5 Å². The van der Waals surface area contributed by atoms with E-state index in [1.54, 1.807) is 6.07 Å². The van der Waals surface area contributed by atoms with Crippen LogP contribution >= 0.6 is 0 Å². The Kier molecular flexibility index (Phi) is 3.79. The first-order valence-corrected chi connectivity index (χ1v) is 6.00. The van der Waals surface area contributed by atoms with Gasteiger partial charge in [-0.05, 0) is 12.5 Å². The van der Waals surface area contributed by atoms with Crippen molar-refractivity contribution in [2.45, 2.75) is 19.8 Å². The second-order valence-corrected chi connectivity index (χ2v) is 4.16. The molecular weight excluding hydrogens is 264 g/mol. The maximum absolute atomic E-state index is 11.1. The predicted molar refractivity (Wildman–Crippen MR) is 69.5 cm³/mol. The minimum Gasteiger partial charge on any atom is -0.475 e. The number of benzene rings is 1. The first-order chi connectivity index (χ1) is 9.52. The van der Waals surface area contributed by atoms with Crippen molar-refractivity contribution in [3.63, 3.8) is 0 Å². The molecule has 0 fully saturated rings. The third-order valence-corrected chi connectivity index (χ3v) is 2.68. The number of carboxylic acid groups (broad SMARTS) is 1. The molecule has 0 spiro atoms. The van der Waals surface area contributed by atoms with E-state index in [1.807, 2.05) is 6.92 Å². The molecule has 0 bridgehead atoms. The number of aromatic nitrogens is 1. The van der Waals surface area contributed by atoms with Crippen LogP contribution < -0.4 is 0 Å². The second-order valence-electron chi connectivity index (χ2n) is 4.16. The lowest BCUT2D eigenvalue weighted by Gasteiger charge is -1.95. The van der Waals surface area contributed by atoms with Crippen molar-refractivity contribution in [2.24, 2.45) is 0 Å². The van der Waals surface area contributed by atoms with Crippen LogP contribution in [0, 0.1) is 10.1 Å². The van der Waals surface area contributed by atoms with Gasteiger partial charge in [-0.25, -0.2) is 9.78 Å². The highest BCUT2D eigenvalue weighted by atomic mass is 16.6. The first-order valence-electron chi connectivity index (χ1n) is 6.00. The van der Waals surface area contributed by atoms with Crippen molar-refractivity contribution in [3.05, 3.63) is 45.8 Å².